The van der Waals surface area contributed by atoms with Gasteiger partial charge in [-0.2, -0.15) is 5.48 Å². The van der Waals surface area contributed by atoms with Crippen molar-refractivity contribution in [3.05, 3.63) is 59.7 Å². The second kappa shape index (κ2) is 6.65. The van der Waals surface area contributed by atoms with Crippen LogP contribution in [0.4, 0.5) is 0 Å². The number of rotatable bonds is 2. The Bertz CT molecular complexity index is 729. The molecule has 0 aliphatic heterocycles. The van der Waals surface area contributed by atoms with E-state index >= 15 is 0 Å². The van der Waals surface area contributed by atoms with Crippen molar-refractivity contribution in [2.45, 2.75) is 27.7 Å². The van der Waals surface area contributed by atoms with Crippen LogP contribution < -0.4 is 5.48 Å². The zero-order valence-corrected chi connectivity index (χ0v) is 13.8. The van der Waals surface area contributed by atoms with Gasteiger partial charge in [0.1, 0.15) is 0 Å². The van der Waals surface area contributed by atoms with Crippen LogP contribution in [0.5, 0.6) is 0 Å². The second-order valence-electron chi connectivity index (χ2n) is 6.49. The van der Waals surface area contributed by atoms with Gasteiger partial charge in [-0.05, 0) is 44.9 Å². The van der Waals surface area contributed by atoms with Crippen molar-refractivity contribution in [2.75, 3.05) is 0 Å². The lowest BCUT2D eigenvalue weighted by molar-refractivity contribution is -0.158. The highest BCUT2D eigenvalue weighted by atomic mass is 16.7. The Labute approximate surface area is 136 Å². The molecule has 0 saturated heterocycles. The van der Waals surface area contributed by atoms with Crippen LogP contribution in [0.2, 0.25) is 0 Å². The quantitative estimate of drug-likeness (QED) is 0.856. The van der Waals surface area contributed by atoms with Crippen molar-refractivity contribution in [1.82, 2.24) is 5.48 Å². The fraction of sp³-hybridized carbons (Fsp3) is 0.263. The van der Waals surface area contributed by atoms with Crippen molar-refractivity contribution in [3.8, 4) is 11.1 Å². The molecular formula is C19H21NO3. The molecule has 0 bridgehead atoms. The largest absolute Gasteiger partial charge is 0.340 e. The molecule has 120 valence electrons. The van der Waals surface area contributed by atoms with Crippen molar-refractivity contribution in [1.29, 1.82) is 0 Å². The minimum Gasteiger partial charge on any atom is -0.340 e. The number of carbonyl (C=O) groups excluding carboxylic acids is 2. The molecule has 4 nitrogen and oxygen atoms in total. The smallest absolute Gasteiger partial charge is 0.337 e. The van der Waals surface area contributed by atoms with Crippen LogP contribution in [0.25, 0.3) is 11.1 Å². The highest BCUT2D eigenvalue weighted by Crippen LogP contribution is 2.24. The number of aryl methyl sites for hydroxylation is 1. The summed E-state index contributed by atoms with van der Waals surface area (Å²) in [5.41, 5.74) is 4.87. The molecule has 0 spiro atoms. The molecule has 0 aliphatic carbocycles. The monoisotopic (exact) mass is 311 g/mol. The van der Waals surface area contributed by atoms with Crippen LogP contribution in [0, 0.1) is 12.3 Å². The fourth-order valence-corrected chi connectivity index (χ4v) is 2.05. The average molecular weight is 311 g/mol. The van der Waals surface area contributed by atoms with Crippen LogP contribution >= 0.6 is 0 Å². The normalized spacial score (nSPS) is 11.0. The molecule has 0 saturated carbocycles. The molecule has 0 aliphatic rings. The fourth-order valence-electron chi connectivity index (χ4n) is 2.05. The van der Waals surface area contributed by atoms with Crippen LogP contribution in [0.3, 0.4) is 0 Å². The molecule has 0 fully saturated rings. The van der Waals surface area contributed by atoms with Crippen molar-refractivity contribution < 1.29 is 14.4 Å². The second-order valence-corrected chi connectivity index (χ2v) is 6.49. The summed E-state index contributed by atoms with van der Waals surface area (Å²) in [4.78, 5) is 29.0. The van der Waals surface area contributed by atoms with Gasteiger partial charge in [0, 0.05) is 0 Å². The number of amides is 1. The van der Waals surface area contributed by atoms with Crippen LogP contribution in [-0.2, 0) is 9.63 Å². The molecule has 2 aromatic carbocycles. The highest BCUT2D eigenvalue weighted by Gasteiger charge is 2.24. The Balaban J connectivity index is 2.24. The summed E-state index contributed by atoms with van der Waals surface area (Å²) in [5, 5.41) is 0. The minimum atomic E-state index is -0.677. The van der Waals surface area contributed by atoms with Gasteiger partial charge in [-0.1, -0.05) is 48.0 Å². The molecule has 2 aromatic rings. The number of benzene rings is 2. The van der Waals surface area contributed by atoms with Gasteiger partial charge in [0.05, 0.1) is 11.0 Å². The van der Waals surface area contributed by atoms with E-state index in [0.717, 1.165) is 16.7 Å². The third-order valence-corrected chi connectivity index (χ3v) is 3.35. The first-order valence-electron chi connectivity index (χ1n) is 7.47. The molecule has 1 amide bonds. The zero-order chi connectivity index (χ0) is 17.0. The molecule has 4 heteroatoms. The zero-order valence-electron chi connectivity index (χ0n) is 13.8. The highest BCUT2D eigenvalue weighted by molar-refractivity contribution is 6.00. The Morgan fingerprint density at radius 1 is 1.00 bits per heavy atom. The van der Waals surface area contributed by atoms with Gasteiger partial charge in [-0.25, -0.2) is 4.79 Å². The van der Waals surface area contributed by atoms with E-state index in [-0.39, 0.29) is 0 Å². The Morgan fingerprint density at radius 3 is 2.35 bits per heavy atom. The van der Waals surface area contributed by atoms with Crippen molar-refractivity contribution >= 4 is 11.9 Å². The summed E-state index contributed by atoms with van der Waals surface area (Å²) >= 11 is 0. The van der Waals surface area contributed by atoms with Gasteiger partial charge < -0.3 is 4.84 Å². The van der Waals surface area contributed by atoms with E-state index in [0.29, 0.717) is 5.56 Å². The minimum absolute atomic E-state index is 0.445. The van der Waals surface area contributed by atoms with E-state index in [1.807, 2.05) is 43.3 Å². The molecule has 0 heterocycles. The molecule has 23 heavy (non-hydrogen) atoms. The van der Waals surface area contributed by atoms with Gasteiger partial charge >= 0.3 is 5.97 Å². The molecule has 0 radical (unpaired) electrons. The van der Waals surface area contributed by atoms with Crippen LogP contribution in [0.15, 0.2) is 48.5 Å². The van der Waals surface area contributed by atoms with E-state index in [1.54, 1.807) is 32.9 Å². The summed E-state index contributed by atoms with van der Waals surface area (Å²) in [6.07, 6.45) is 0. The Morgan fingerprint density at radius 2 is 1.70 bits per heavy atom. The van der Waals surface area contributed by atoms with Crippen LogP contribution in [0.1, 0.15) is 36.7 Å². The standard InChI is InChI=1S/C19H21NO3/c1-13-8-7-9-14(12-13)15-10-5-6-11-16(15)17(21)20-23-18(22)19(2,3)4/h5-12H,1-4H3,(H,20,21). The summed E-state index contributed by atoms with van der Waals surface area (Å²) in [7, 11) is 0. The summed E-state index contributed by atoms with van der Waals surface area (Å²) in [5.74, 6) is -0.932. The molecule has 0 aromatic heterocycles. The number of nitrogens with one attached hydrogen (secondary N) is 1. The maximum absolute atomic E-state index is 12.4. The third kappa shape index (κ3) is 4.19. The Kier molecular flexibility index (Phi) is 4.84. The molecule has 1 N–H and O–H groups in total. The lowest BCUT2D eigenvalue weighted by Crippen LogP contribution is -2.33. The third-order valence-electron chi connectivity index (χ3n) is 3.35. The topological polar surface area (TPSA) is 55.4 Å². The first kappa shape index (κ1) is 16.7. The molecular weight excluding hydrogens is 290 g/mol. The lowest BCUT2D eigenvalue weighted by atomic mass is 9.97. The van der Waals surface area contributed by atoms with E-state index < -0.39 is 17.3 Å². The van der Waals surface area contributed by atoms with Crippen molar-refractivity contribution in [2.24, 2.45) is 5.41 Å². The van der Waals surface area contributed by atoms with Crippen molar-refractivity contribution in [3.63, 3.8) is 0 Å². The van der Waals surface area contributed by atoms with E-state index in [4.69, 9.17) is 4.84 Å². The summed E-state index contributed by atoms with van der Waals surface area (Å²) in [6.45, 7) is 7.17. The molecule has 0 atom stereocenters. The lowest BCUT2D eigenvalue weighted by Gasteiger charge is -2.16. The van der Waals surface area contributed by atoms with Gasteiger partial charge in [-0.15, -0.1) is 0 Å². The predicted octanol–water partition coefficient (Wildman–Crippen LogP) is 3.90. The van der Waals surface area contributed by atoms with Gasteiger partial charge in [0.2, 0.25) is 0 Å². The Hall–Kier alpha value is -2.62. The van der Waals surface area contributed by atoms with Gasteiger partial charge in [0.25, 0.3) is 5.91 Å². The maximum atomic E-state index is 12.4. The molecule has 0 unspecified atom stereocenters. The van der Waals surface area contributed by atoms with E-state index in [1.165, 1.54) is 0 Å². The van der Waals surface area contributed by atoms with Gasteiger partial charge in [-0.3, -0.25) is 4.79 Å². The van der Waals surface area contributed by atoms with Gasteiger partial charge in [0.15, 0.2) is 0 Å². The summed E-state index contributed by atoms with van der Waals surface area (Å²) < 4.78 is 0. The number of carbonyl (C=O) groups is 2. The van der Waals surface area contributed by atoms with E-state index in [9.17, 15) is 9.59 Å². The van der Waals surface area contributed by atoms with Crippen LogP contribution in [-0.4, -0.2) is 11.9 Å². The first-order valence-corrected chi connectivity index (χ1v) is 7.47. The number of hydroxylamine groups is 1. The maximum Gasteiger partial charge on any atom is 0.337 e. The molecule has 2 rings (SSSR count). The summed E-state index contributed by atoms with van der Waals surface area (Å²) in [6, 6.07) is 15.1. The average Bonchev–Trinajstić information content (AvgIpc) is 2.51. The number of hydrogen-bond donors (Lipinski definition) is 1. The van der Waals surface area contributed by atoms with E-state index in [2.05, 4.69) is 5.48 Å². The predicted molar refractivity (Wildman–Crippen MR) is 89.6 cm³/mol. The SMILES string of the molecule is Cc1cccc(-c2ccccc2C(=O)NOC(=O)C(C)(C)C)c1. The first-order chi connectivity index (χ1) is 10.8. The number of hydrogen-bond acceptors (Lipinski definition) is 3.